The summed E-state index contributed by atoms with van der Waals surface area (Å²) in [6, 6.07) is 2.72. The second-order valence-corrected chi connectivity index (χ2v) is 5.92. The standard InChI is InChI=1S/C14H20N4S/c1-2-6-15-9-11-4-3-7-18(11)13-12-5-8-19-14(12)17-10-16-13/h5,8,10-11,15H,2-4,6-7,9H2,1H3. The van der Waals surface area contributed by atoms with Crippen molar-refractivity contribution in [1.29, 1.82) is 0 Å². The molecule has 2 aromatic rings. The highest BCUT2D eigenvalue weighted by Crippen LogP contribution is 2.31. The van der Waals surface area contributed by atoms with Gasteiger partial charge in [-0.3, -0.25) is 0 Å². The van der Waals surface area contributed by atoms with E-state index in [1.165, 1.54) is 24.6 Å². The number of nitrogens with one attached hydrogen (secondary N) is 1. The highest BCUT2D eigenvalue weighted by Gasteiger charge is 2.26. The molecule has 0 amide bonds. The second kappa shape index (κ2) is 5.84. The Balaban J connectivity index is 1.81. The molecule has 2 aromatic heterocycles. The van der Waals surface area contributed by atoms with Crippen molar-refractivity contribution in [2.24, 2.45) is 0 Å². The van der Waals surface area contributed by atoms with Crippen molar-refractivity contribution in [3.63, 3.8) is 0 Å². The fraction of sp³-hybridized carbons (Fsp3) is 0.571. The fourth-order valence-corrected chi connectivity index (χ4v) is 3.51. The first-order chi connectivity index (χ1) is 9.40. The first-order valence-corrected chi connectivity index (χ1v) is 7.93. The summed E-state index contributed by atoms with van der Waals surface area (Å²) in [5.74, 6) is 1.12. The van der Waals surface area contributed by atoms with Crippen LogP contribution in [0.5, 0.6) is 0 Å². The third-order valence-corrected chi connectivity index (χ3v) is 4.52. The Kier molecular flexibility index (Phi) is 3.94. The summed E-state index contributed by atoms with van der Waals surface area (Å²) >= 11 is 1.69. The van der Waals surface area contributed by atoms with Gasteiger partial charge in [0.15, 0.2) is 0 Å². The molecule has 0 aromatic carbocycles. The normalized spacial score (nSPS) is 19.4. The lowest BCUT2D eigenvalue weighted by Gasteiger charge is -2.26. The molecule has 1 aliphatic heterocycles. The average molecular weight is 276 g/mol. The number of aromatic nitrogens is 2. The van der Waals surface area contributed by atoms with Gasteiger partial charge in [-0.05, 0) is 37.3 Å². The minimum Gasteiger partial charge on any atom is -0.352 e. The molecule has 1 saturated heterocycles. The van der Waals surface area contributed by atoms with Gasteiger partial charge in [0, 0.05) is 19.1 Å². The third kappa shape index (κ3) is 2.58. The van der Waals surface area contributed by atoms with Crippen molar-refractivity contribution < 1.29 is 0 Å². The molecule has 19 heavy (non-hydrogen) atoms. The summed E-state index contributed by atoms with van der Waals surface area (Å²) in [5, 5.41) is 6.84. The Morgan fingerprint density at radius 3 is 3.32 bits per heavy atom. The Morgan fingerprint density at radius 2 is 2.42 bits per heavy atom. The molecule has 4 nitrogen and oxygen atoms in total. The summed E-state index contributed by atoms with van der Waals surface area (Å²) < 4.78 is 0. The van der Waals surface area contributed by atoms with Gasteiger partial charge in [0.1, 0.15) is 17.0 Å². The maximum absolute atomic E-state index is 4.53. The number of rotatable bonds is 5. The summed E-state index contributed by atoms with van der Waals surface area (Å²) in [6.07, 6.45) is 5.40. The minimum absolute atomic E-state index is 0.574. The smallest absolute Gasteiger partial charge is 0.141 e. The van der Waals surface area contributed by atoms with E-state index in [1.54, 1.807) is 17.7 Å². The van der Waals surface area contributed by atoms with E-state index in [1.807, 2.05) is 0 Å². The molecule has 1 atom stereocenters. The largest absolute Gasteiger partial charge is 0.352 e. The molecule has 0 aliphatic carbocycles. The Labute approximate surface area is 117 Å². The van der Waals surface area contributed by atoms with Crippen LogP contribution in [-0.4, -0.2) is 35.6 Å². The molecule has 0 saturated carbocycles. The summed E-state index contributed by atoms with van der Waals surface area (Å²) in [7, 11) is 0. The summed E-state index contributed by atoms with van der Waals surface area (Å²) in [5.41, 5.74) is 0. The first-order valence-electron chi connectivity index (χ1n) is 7.05. The quantitative estimate of drug-likeness (QED) is 0.852. The van der Waals surface area contributed by atoms with Gasteiger partial charge >= 0.3 is 0 Å². The molecular formula is C14H20N4S. The molecule has 5 heteroatoms. The van der Waals surface area contributed by atoms with E-state index in [4.69, 9.17) is 0 Å². The van der Waals surface area contributed by atoms with Crippen LogP contribution in [0, 0.1) is 0 Å². The van der Waals surface area contributed by atoms with E-state index in [9.17, 15) is 0 Å². The molecule has 1 fully saturated rings. The summed E-state index contributed by atoms with van der Waals surface area (Å²) in [6.45, 7) is 5.48. The number of anilines is 1. The van der Waals surface area contributed by atoms with Crippen LogP contribution in [0.4, 0.5) is 5.82 Å². The lowest BCUT2D eigenvalue weighted by Crippen LogP contribution is -2.38. The van der Waals surface area contributed by atoms with Crippen LogP contribution in [0.25, 0.3) is 10.2 Å². The SMILES string of the molecule is CCCNCC1CCCN1c1ncnc2sccc12. The third-order valence-electron chi connectivity index (χ3n) is 3.70. The highest BCUT2D eigenvalue weighted by molar-refractivity contribution is 7.16. The van der Waals surface area contributed by atoms with Gasteiger partial charge in [-0.25, -0.2) is 9.97 Å². The first kappa shape index (κ1) is 12.8. The van der Waals surface area contributed by atoms with Crippen molar-refractivity contribution in [2.75, 3.05) is 24.5 Å². The maximum atomic E-state index is 4.53. The summed E-state index contributed by atoms with van der Waals surface area (Å²) in [4.78, 5) is 12.4. The van der Waals surface area contributed by atoms with E-state index in [0.717, 1.165) is 30.3 Å². The van der Waals surface area contributed by atoms with Gasteiger partial charge in [-0.2, -0.15) is 0 Å². The number of hydrogen-bond acceptors (Lipinski definition) is 5. The van der Waals surface area contributed by atoms with E-state index in [0.29, 0.717) is 6.04 Å². The molecule has 3 heterocycles. The number of thiophene rings is 1. The Hall–Kier alpha value is -1.20. The van der Waals surface area contributed by atoms with Gasteiger partial charge in [0.05, 0.1) is 5.39 Å². The molecule has 1 aliphatic rings. The van der Waals surface area contributed by atoms with Crippen molar-refractivity contribution in [2.45, 2.75) is 32.2 Å². The molecule has 0 spiro atoms. The lowest BCUT2D eigenvalue weighted by atomic mass is 10.2. The van der Waals surface area contributed by atoms with Crippen molar-refractivity contribution in [1.82, 2.24) is 15.3 Å². The lowest BCUT2D eigenvalue weighted by molar-refractivity contribution is 0.569. The number of hydrogen-bond donors (Lipinski definition) is 1. The zero-order valence-corrected chi connectivity index (χ0v) is 12.1. The predicted octanol–water partition coefficient (Wildman–Crippen LogP) is 2.66. The fourth-order valence-electron chi connectivity index (χ4n) is 2.78. The molecule has 0 radical (unpaired) electrons. The van der Waals surface area contributed by atoms with Crippen LogP contribution in [0.3, 0.4) is 0 Å². The van der Waals surface area contributed by atoms with Gasteiger partial charge in [-0.15, -0.1) is 11.3 Å². The Bertz CT molecular complexity index is 539. The second-order valence-electron chi connectivity index (χ2n) is 5.03. The molecule has 3 rings (SSSR count). The van der Waals surface area contributed by atoms with Crippen molar-refractivity contribution >= 4 is 27.4 Å². The van der Waals surface area contributed by atoms with Crippen LogP contribution < -0.4 is 10.2 Å². The monoisotopic (exact) mass is 276 g/mol. The van der Waals surface area contributed by atoms with Crippen LogP contribution in [-0.2, 0) is 0 Å². The van der Waals surface area contributed by atoms with E-state index < -0.39 is 0 Å². The Morgan fingerprint density at radius 1 is 1.47 bits per heavy atom. The van der Waals surface area contributed by atoms with E-state index in [-0.39, 0.29) is 0 Å². The minimum atomic E-state index is 0.574. The van der Waals surface area contributed by atoms with Crippen LogP contribution in [0.1, 0.15) is 26.2 Å². The molecule has 0 bridgehead atoms. The number of nitrogens with zero attached hydrogens (tertiary/aromatic N) is 3. The van der Waals surface area contributed by atoms with Gasteiger partial charge in [-0.1, -0.05) is 6.92 Å². The number of fused-ring (bicyclic) bond motifs is 1. The van der Waals surface area contributed by atoms with Crippen LogP contribution >= 0.6 is 11.3 Å². The topological polar surface area (TPSA) is 41.0 Å². The van der Waals surface area contributed by atoms with Gasteiger partial charge in [0.25, 0.3) is 0 Å². The van der Waals surface area contributed by atoms with Crippen molar-refractivity contribution in [3.8, 4) is 0 Å². The molecule has 1 unspecified atom stereocenters. The van der Waals surface area contributed by atoms with E-state index >= 15 is 0 Å². The van der Waals surface area contributed by atoms with Crippen LogP contribution in [0.2, 0.25) is 0 Å². The van der Waals surface area contributed by atoms with Gasteiger partial charge < -0.3 is 10.2 Å². The highest BCUT2D eigenvalue weighted by atomic mass is 32.1. The average Bonchev–Trinajstić information content (AvgIpc) is 3.07. The molecule has 1 N–H and O–H groups in total. The molecular weight excluding hydrogens is 256 g/mol. The maximum Gasteiger partial charge on any atom is 0.141 e. The van der Waals surface area contributed by atoms with E-state index in [2.05, 4.69) is 38.6 Å². The van der Waals surface area contributed by atoms with Crippen LogP contribution in [0.15, 0.2) is 17.8 Å². The van der Waals surface area contributed by atoms with Gasteiger partial charge in [0.2, 0.25) is 0 Å². The van der Waals surface area contributed by atoms with Crippen molar-refractivity contribution in [3.05, 3.63) is 17.8 Å². The zero-order chi connectivity index (χ0) is 13.1. The predicted molar refractivity (Wildman–Crippen MR) is 80.9 cm³/mol. The zero-order valence-electron chi connectivity index (χ0n) is 11.3. The molecule has 102 valence electrons.